The molecule has 0 spiro atoms. The number of aromatic nitrogens is 2. The van der Waals surface area contributed by atoms with Gasteiger partial charge in [0.15, 0.2) is 0 Å². The summed E-state index contributed by atoms with van der Waals surface area (Å²) in [5.41, 5.74) is 5.60. The van der Waals surface area contributed by atoms with Gasteiger partial charge in [-0.2, -0.15) is 5.10 Å². The lowest BCUT2D eigenvalue weighted by Crippen LogP contribution is -2.19. The predicted molar refractivity (Wildman–Crippen MR) is 78.3 cm³/mol. The lowest BCUT2D eigenvalue weighted by atomic mass is 10.0. The summed E-state index contributed by atoms with van der Waals surface area (Å²) in [4.78, 5) is 11.7. The summed E-state index contributed by atoms with van der Waals surface area (Å²) in [6, 6.07) is 5.81. The Kier molecular flexibility index (Phi) is 3.76. The molecule has 1 heterocycles. The number of halogens is 1. The minimum atomic E-state index is -0.105. The van der Waals surface area contributed by atoms with Crippen LogP contribution in [0, 0.1) is 27.7 Å². The first-order valence-corrected chi connectivity index (χ1v) is 6.71. The van der Waals surface area contributed by atoms with Crippen LogP contribution in [0.5, 0.6) is 0 Å². The van der Waals surface area contributed by atoms with E-state index in [1.807, 2.05) is 11.6 Å². The third kappa shape index (κ3) is 2.56. The molecule has 0 aliphatic rings. The standard InChI is InChI=1S/C15H17ClN2O/c1-9-5-10(2)15(11(3)6-9)18-12(4)7-14(19)13(8-16)17-18/h5-7H,8H2,1-4H3. The van der Waals surface area contributed by atoms with Crippen molar-refractivity contribution in [3.63, 3.8) is 0 Å². The van der Waals surface area contributed by atoms with Crippen LogP contribution < -0.4 is 5.43 Å². The second-order valence-electron chi connectivity index (χ2n) is 4.89. The van der Waals surface area contributed by atoms with E-state index in [4.69, 9.17) is 11.6 Å². The van der Waals surface area contributed by atoms with Crippen LogP contribution in [-0.4, -0.2) is 9.78 Å². The van der Waals surface area contributed by atoms with Gasteiger partial charge in [0.05, 0.1) is 11.6 Å². The molecule has 1 aromatic heterocycles. The van der Waals surface area contributed by atoms with Gasteiger partial charge >= 0.3 is 0 Å². The van der Waals surface area contributed by atoms with Gasteiger partial charge in [-0.15, -0.1) is 11.6 Å². The SMILES string of the molecule is Cc1cc(C)c(-n2nc(CCl)c(=O)cc2C)c(C)c1. The largest absolute Gasteiger partial charge is 0.288 e. The zero-order valence-corrected chi connectivity index (χ0v) is 12.4. The van der Waals surface area contributed by atoms with Crippen LogP contribution >= 0.6 is 11.6 Å². The minimum absolute atomic E-state index is 0.105. The topological polar surface area (TPSA) is 34.9 Å². The number of hydrogen-bond acceptors (Lipinski definition) is 2. The average molecular weight is 277 g/mol. The summed E-state index contributed by atoms with van der Waals surface area (Å²) in [6.45, 7) is 8.05. The van der Waals surface area contributed by atoms with Crippen LogP contribution in [0.25, 0.3) is 5.69 Å². The van der Waals surface area contributed by atoms with Gasteiger partial charge in [-0.25, -0.2) is 4.68 Å². The summed E-state index contributed by atoms with van der Waals surface area (Å²) >= 11 is 5.77. The summed E-state index contributed by atoms with van der Waals surface area (Å²) < 4.78 is 1.81. The second-order valence-corrected chi connectivity index (χ2v) is 5.16. The first-order valence-electron chi connectivity index (χ1n) is 6.18. The maximum atomic E-state index is 11.7. The zero-order chi connectivity index (χ0) is 14.2. The van der Waals surface area contributed by atoms with E-state index in [9.17, 15) is 4.79 Å². The van der Waals surface area contributed by atoms with E-state index in [1.54, 1.807) is 6.07 Å². The lowest BCUT2D eigenvalue weighted by molar-refractivity contribution is 0.763. The van der Waals surface area contributed by atoms with Gasteiger partial charge in [0.2, 0.25) is 5.43 Å². The van der Waals surface area contributed by atoms with Gasteiger partial charge in [-0.05, 0) is 38.8 Å². The number of alkyl halides is 1. The molecule has 0 N–H and O–H groups in total. The summed E-state index contributed by atoms with van der Waals surface area (Å²) in [6.07, 6.45) is 0. The van der Waals surface area contributed by atoms with Gasteiger partial charge in [0.1, 0.15) is 5.69 Å². The Hall–Kier alpha value is -1.61. The summed E-state index contributed by atoms with van der Waals surface area (Å²) in [7, 11) is 0. The maximum absolute atomic E-state index is 11.7. The number of rotatable bonds is 2. The van der Waals surface area contributed by atoms with Crippen LogP contribution in [0.4, 0.5) is 0 Å². The molecule has 0 aliphatic heterocycles. The Morgan fingerprint density at radius 1 is 1.11 bits per heavy atom. The Bertz CT molecular complexity index is 666. The van der Waals surface area contributed by atoms with Crippen molar-refractivity contribution in [1.29, 1.82) is 0 Å². The average Bonchev–Trinajstić information content (AvgIpc) is 2.30. The third-order valence-electron chi connectivity index (χ3n) is 3.15. The molecule has 0 saturated heterocycles. The highest BCUT2D eigenvalue weighted by atomic mass is 35.5. The van der Waals surface area contributed by atoms with Crippen LogP contribution in [0.2, 0.25) is 0 Å². The molecule has 19 heavy (non-hydrogen) atoms. The number of hydrogen-bond donors (Lipinski definition) is 0. The molecule has 0 saturated carbocycles. The van der Waals surface area contributed by atoms with E-state index in [2.05, 4.69) is 38.0 Å². The molecular formula is C15H17ClN2O. The Labute approximate surface area is 117 Å². The molecule has 1 aromatic carbocycles. The second kappa shape index (κ2) is 5.17. The first-order chi connectivity index (χ1) is 8.93. The van der Waals surface area contributed by atoms with Crippen LogP contribution in [-0.2, 0) is 5.88 Å². The van der Waals surface area contributed by atoms with E-state index in [0.717, 1.165) is 22.5 Å². The smallest absolute Gasteiger partial charge is 0.204 e. The molecule has 4 heteroatoms. The summed E-state index contributed by atoms with van der Waals surface area (Å²) in [5, 5.41) is 4.38. The Morgan fingerprint density at radius 2 is 1.68 bits per heavy atom. The monoisotopic (exact) mass is 276 g/mol. The quantitative estimate of drug-likeness (QED) is 0.790. The van der Waals surface area contributed by atoms with E-state index in [0.29, 0.717) is 5.69 Å². The van der Waals surface area contributed by atoms with E-state index in [1.165, 1.54) is 5.56 Å². The highest BCUT2D eigenvalue weighted by Crippen LogP contribution is 2.21. The van der Waals surface area contributed by atoms with Crippen LogP contribution in [0.1, 0.15) is 28.1 Å². The highest BCUT2D eigenvalue weighted by Gasteiger charge is 2.11. The van der Waals surface area contributed by atoms with Gasteiger partial charge < -0.3 is 0 Å². The van der Waals surface area contributed by atoms with Crippen molar-refractivity contribution in [2.45, 2.75) is 33.6 Å². The molecule has 0 amide bonds. The van der Waals surface area contributed by atoms with Crippen molar-refractivity contribution in [3.05, 3.63) is 56.5 Å². The normalized spacial score (nSPS) is 10.8. The molecule has 0 aliphatic carbocycles. The fraction of sp³-hybridized carbons (Fsp3) is 0.333. The number of nitrogens with zero attached hydrogens (tertiary/aromatic N) is 2. The molecule has 3 nitrogen and oxygen atoms in total. The van der Waals surface area contributed by atoms with E-state index < -0.39 is 0 Å². The zero-order valence-electron chi connectivity index (χ0n) is 11.6. The Balaban J connectivity index is 2.76. The highest BCUT2D eigenvalue weighted by molar-refractivity contribution is 6.16. The Morgan fingerprint density at radius 3 is 2.21 bits per heavy atom. The molecule has 0 bridgehead atoms. The van der Waals surface area contributed by atoms with Crippen molar-refractivity contribution < 1.29 is 0 Å². The van der Waals surface area contributed by atoms with Crippen LogP contribution in [0.3, 0.4) is 0 Å². The van der Waals surface area contributed by atoms with Crippen LogP contribution in [0.15, 0.2) is 23.0 Å². The molecule has 2 aromatic rings. The van der Waals surface area contributed by atoms with Gasteiger partial charge in [0, 0.05) is 11.8 Å². The van der Waals surface area contributed by atoms with Crippen molar-refractivity contribution in [2.24, 2.45) is 0 Å². The number of aryl methyl sites for hydroxylation is 4. The van der Waals surface area contributed by atoms with E-state index in [-0.39, 0.29) is 11.3 Å². The molecular weight excluding hydrogens is 260 g/mol. The molecule has 0 fully saturated rings. The van der Waals surface area contributed by atoms with Crippen molar-refractivity contribution in [2.75, 3.05) is 0 Å². The molecule has 2 rings (SSSR count). The number of benzene rings is 1. The molecule has 0 unspecified atom stereocenters. The van der Waals surface area contributed by atoms with E-state index >= 15 is 0 Å². The van der Waals surface area contributed by atoms with Gasteiger partial charge in [-0.3, -0.25) is 4.79 Å². The van der Waals surface area contributed by atoms with Gasteiger partial charge in [0.25, 0.3) is 0 Å². The molecule has 100 valence electrons. The lowest BCUT2D eigenvalue weighted by Gasteiger charge is -2.16. The fourth-order valence-corrected chi connectivity index (χ4v) is 2.59. The van der Waals surface area contributed by atoms with Crippen molar-refractivity contribution >= 4 is 11.6 Å². The summed E-state index contributed by atoms with van der Waals surface area (Å²) in [5.74, 6) is 0.128. The minimum Gasteiger partial charge on any atom is -0.288 e. The van der Waals surface area contributed by atoms with Crippen molar-refractivity contribution in [1.82, 2.24) is 9.78 Å². The molecule has 0 radical (unpaired) electrons. The molecule has 0 atom stereocenters. The van der Waals surface area contributed by atoms with Gasteiger partial charge in [-0.1, -0.05) is 17.7 Å². The fourth-order valence-electron chi connectivity index (χ4n) is 2.41. The maximum Gasteiger partial charge on any atom is 0.204 e. The predicted octanol–water partition coefficient (Wildman–Crippen LogP) is 3.20. The first kappa shape index (κ1) is 13.8. The van der Waals surface area contributed by atoms with Crippen molar-refractivity contribution in [3.8, 4) is 5.69 Å². The third-order valence-corrected chi connectivity index (χ3v) is 3.41.